The molecule has 0 fully saturated rings. The topological polar surface area (TPSA) is 142 Å². The molecule has 0 saturated heterocycles. The van der Waals surface area contributed by atoms with Gasteiger partial charge in [0.25, 0.3) is 0 Å². The molecule has 216 valence electrons. The van der Waals surface area contributed by atoms with E-state index in [1.807, 2.05) is 60.7 Å². The summed E-state index contributed by atoms with van der Waals surface area (Å²) in [5.41, 5.74) is -0.124. The van der Waals surface area contributed by atoms with Crippen LogP contribution in [0.25, 0.3) is 0 Å². The zero-order valence-corrected chi connectivity index (χ0v) is 22.8. The number of esters is 1. The summed E-state index contributed by atoms with van der Waals surface area (Å²) in [7, 11) is 4.39. The summed E-state index contributed by atoms with van der Waals surface area (Å²) in [6, 6.07) is 19.8. The van der Waals surface area contributed by atoms with Gasteiger partial charge in [0.15, 0.2) is 5.60 Å². The lowest BCUT2D eigenvalue weighted by Gasteiger charge is -2.38. The fourth-order valence-electron chi connectivity index (χ4n) is 4.18. The van der Waals surface area contributed by atoms with Crippen molar-refractivity contribution in [1.82, 2.24) is 15.4 Å². The molecule has 0 aliphatic carbocycles. The number of hydrogen-bond acceptors (Lipinski definition) is 12. The lowest BCUT2D eigenvalue weighted by atomic mass is 9.81. The van der Waals surface area contributed by atoms with Gasteiger partial charge in [0, 0.05) is 7.11 Å². The Labute approximate surface area is 232 Å². The number of unbranched alkanes of at least 4 members (excludes halogenated alkanes) is 3. The van der Waals surface area contributed by atoms with Crippen LogP contribution in [0.3, 0.4) is 0 Å². The Kier molecular flexibility index (Phi) is 12.1. The summed E-state index contributed by atoms with van der Waals surface area (Å²) in [5, 5.41) is 16.9. The minimum atomic E-state index is -1.43. The second-order valence-electron chi connectivity index (χ2n) is 8.57. The van der Waals surface area contributed by atoms with Gasteiger partial charge in [-0.15, -0.1) is 0 Å². The molecule has 12 nitrogen and oxygen atoms in total. The zero-order valence-electron chi connectivity index (χ0n) is 22.8. The van der Waals surface area contributed by atoms with E-state index >= 15 is 0 Å². The van der Waals surface area contributed by atoms with Crippen molar-refractivity contribution in [3.05, 3.63) is 77.9 Å². The maximum Gasteiger partial charge on any atom is 0.351 e. The van der Waals surface area contributed by atoms with Gasteiger partial charge in [0.05, 0.1) is 38.9 Å². The molecular formula is C28H35N3O9. The SMILES string of the molecule is COc1cc(OC)nc(O[C@H](C(=O)OCCCCCCON(O)O)C(OC)(c2ccccc2)c2ccccc2)n1. The maximum atomic E-state index is 13.8. The zero-order chi connectivity index (χ0) is 28.8. The predicted molar refractivity (Wildman–Crippen MR) is 141 cm³/mol. The Bertz CT molecular complexity index is 1100. The molecule has 12 heteroatoms. The van der Waals surface area contributed by atoms with Crippen molar-refractivity contribution in [1.29, 1.82) is 0 Å². The molecule has 0 saturated carbocycles. The number of aromatic nitrogens is 2. The number of benzene rings is 2. The maximum absolute atomic E-state index is 13.8. The highest BCUT2D eigenvalue weighted by Gasteiger charge is 2.50. The summed E-state index contributed by atoms with van der Waals surface area (Å²) in [6.45, 7) is 0.272. The van der Waals surface area contributed by atoms with Crippen molar-refractivity contribution in [2.75, 3.05) is 34.5 Å². The van der Waals surface area contributed by atoms with Crippen LogP contribution in [-0.2, 0) is 24.7 Å². The van der Waals surface area contributed by atoms with Crippen molar-refractivity contribution < 1.29 is 43.7 Å². The van der Waals surface area contributed by atoms with Gasteiger partial charge in [0.1, 0.15) is 0 Å². The fourth-order valence-corrected chi connectivity index (χ4v) is 4.18. The average Bonchev–Trinajstić information content (AvgIpc) is 2.99. The molecule has 0 spiro atoms. The minimum absolute atomic E-state index is 0.122. The average molecular weight is 558 g/mol. The molecule has 2 aromatic carbocycles. The number of carbonyl (C=O) groups is 1. The van der Waals surface area contributed by atoms with Gasteiger partial charge in [-0.2, -0.15) is 9.97 Å². The first-order valence-electron chi connectivity index (χ1n) is 12.7. The Hall–Kier alpha value is -3.81. The molecule has 1 heterocycles. The highest BCUT2D eigenvalue weighted by Crippen LogP contribution is 2.39. The monoisotopic (exact) mass is 557 g/mol. The first kappa shape index (κ1) is 30.7. The third-order valence-electron chi connectivity index (χ3n) is 6.10. The second kappa shape index (κ2) is 15.7. The van der Waals surface area contributed by atoms with Crippen LogP contribution in [0.15, 0.2) is 66.7 Å². The molecular weight excluding hydrogens is 522 g/mol. The number of rotatable bonds is 17. The van der Waals surface area contributed by atoms with E-state index in [9.17, 15) is 4.79 Å². The van der Waals surface area contributed by atoms with Crippen LogP contribution in [0.1, 0.15) is 36.8 Å². The molecule has 2 N–H and O–H groups in total. The largest absolute Gasteiger partial charge is 0.481 e. The normalized spacial score (nSPS) is 12.2. The number of carbonyl (C=O) groups excluding carboxylic acids is 1. The lowest BCUT2D eigenvalue weighted by Crippen LogP contribution is -2.51. The van der Waals surface area contributed by atoms with Gasteiger partial charge in [-0.1, -0.05) is 67.1 Å². The van der Waals surface area contributed by atoms with E-state index in [2.05, 4.69) is 14.8 Å². The summed E-state index contributed by atoms with van der Waals surface area (Å²) in [5.74, 6) is -0.309. The first-order chi connectivity index (χ1) is 19.4. The van der Waals surface area contributed by atoms with Gasteiger partial charge >= 0.3 is 12.0 Å². The van der Waals surface area contributed by atoms with E-state index in [1.54, 1.807) is 0 Å². The van der Waals surface area contributed by atoms with E-state index in [0.717, 1.165) is 12.8 Å². The molecule has 0 radical (unpaired) electrons. The van der Waals surface area contributed by atoms with Crippen LogP contribution in [0.2, 0.25) is 0 Å². The molecule has 0 amide bonds. The van der Waals surface area contributed by atoms with E-state index in [0.29, 0.717) is 24.0 Å². The highest BCUT2D eigenvalue weighted by atomic mass is 17.1. The van der Waals surface area contributed by atoms with Crippen LogP contribution in [0, 0.1) is 0 Å². The van der Waals surface area contributed by atoms with Crippen molar-refractivity contribution in [3.8, 4) is 17.8 Å². The summed E-state index contributed by atoms with van der Waals surface area (Å²) in [6.07, 6.45) is 1.26. The molecule has 40 heavy (non-hydrogen) atoms. The van der Waals surface area contributed by atoms with Gasteiger partial charge in [-0.05, 0) is 30.4 Å². The molecule has 0 unspecified atom stereocenters. The Morgan fingerprint density at radius 1 is 0.825 bits per heavy atom. The van der Waals surface area contributed by atoms with Crippen molar-refractivity contribution in [3.63, 3.8) is 0 Å². The van der Waals surface area contributed by atoms with E-state index < -0.39 is 17.7 Å². The Morgan fingerprint density at radius 3 is 1.82 bits per heavy atom. The van der Waals surface area contributed by atoms with Crippen LogP contribution in [-0.4, -0.2) is 72.4 Å². The van der Waals surface area contributed by atoms with Crippen molar-refractivity contribution in [2.24, 2.45) is 0 Å². The first-order valence-corrected chi connectivity index (χ1v) is 12.7. The molecule has 3 rings (SSSR count). The summed E-state index contributed by atoms with van der Waals surface area (Å²) >= 11 is 0. The van der Waals surface area contributed by atoms with Crippen molar-refractivity contribution >= 4 is 5.97 Å². The van der Waals surface area contributed by atoms with Gasteiger partial charge < -0.3 is 23.7 Å². The molecule has 3 aromatic rings. The number of methoxy groups -OCH3 is 3. The van der Waals surface area contributed by atoms with E-state index in [1.165, 1.54) is 27.4 Å². The lowest BCUT2D eigenvalue weighted by molar-refractivity contribution is -0.492. The van der Waals surface area contributed by atoms with Gasteiger partial charge in [0.2, 0.25) is 17.9 Å². The highest BCUT2D eigenvalue weighted by molar-refractivity contribution is 5.78. The predicted octanol–water partition coefficient (Wildman–Crippen LogP) is 3.95. The Balaban J connectivity index is 1.92. The third kappa shape index (κ3) is 8.10. The number of nitrogens with zero attached hydrogens (tertiary/aromatic N) is 3. The Morgan fingerprint density at radius 2 is 1.35 bits per heavy atom. The second-order valence-corrected chi connectivity index (χ2v) is 8.57. The molecule has 0 aliphatic rings. The minimum Gasteiger partial charge on any atom is -0.481 e. The molecule has 1 atom stereocenters. The number of ether oxygens (including phenoxy) is 5. The van der Waals surface area contributed by atoms with Crippen LogP contribution in [0.5, 0.6) is 17.8 Å². The summed E-state index contributed by atoms with van der Waals surface area (Å²) in [4.78, 5) is 26.8. The van der Waals surface area contributed by atoms with Crippen LogP contribution < -0.4 is 14.2 Å². The fraction of sp³-hybridized carbons (Fsp3) is 0.393. The standard InChI is InChI=1S/C28H35N3O9/c1-35-23-20-24(36-2)30-27(29-23)40-25(26(32)38-18-12-4-5-13-19-39-31(33)34)28(37-3,21-14-8-6-9-15-21)22-16-10-7-11-17-22/h6-11,14-17,20,25,33-34H,4-5,12-13,18-19H2,1-3H3/t25-/m1/s1. The van der Waals surface area contributed by atoms with Gasteiger partial charge in [-0.3, -0.25) is 15.3 Å². The van der Waals surface area contributed by atoms with E-state index in [4.69, 9.17) is 34.1 Å². The van der Waals surface area contributed by atoms with Crippen LogP contribution >= 0.6 is 0 Å². The smallest absolute Gasteiger partial charge is 0.351 e. The molecule has 0 bridgehead atoms. The van der Waals surface area contributed by atoms with Crippen molar-refractivity contribution in [2.45, 2.75) is 37.4 Å². The third-order valence-corrected chi connectivity index (χ3v) is 6.10. The van der Waals surface area contributed by atoms with Crippen LogP contribution in [0.4, 0.5) is 0 Å². The summed E-state index contributed by atoms with van der Waals surface area (Å²) < 4.78 is 28.6. The quantitative estimate of drug-likeness (QED) is 0.141. The molecule has 0 aliphatic heterocycles. The molecule has 1 aromatic heterocycles. The van der Waals surface area contributed by atoms with E-state index in [-0.39, 0.29) is 36.4 Å². The number of hydrogen-bond donors (Lipinski definition) is 2. The van der Waals surface area contributed by atoms with Gasteiger partial charge in [-0.25, -0.2) is 4.79 Å².